The van der Waals surface area contributed by atoms with E-state index in [4.69, 9.17) is 0 Å². The second kappa shape index (κ2) is 3.50. The molecule has 4 unspecified atom stereocenters. The third-order valence-electron chi connectivity index (χ3n) is 6.72. The standard InChI is InChI=1S/C16H29N/c1-10(2)11-7-15(3)9-16(4)8-12(11)13(15)6-14(16)17-5/h10-14H,5-9,17H2,1-4H3/t11-,12?,13?,14-,15?,16?/m0/s1. The Balaban J connectivity index is 1.94. The Bertz CT molecular complexity index is 323. The highest BCUT2D eigenvalue weighted by molar-refractivity contribution is 5.13. The first-order chi connectivity index (χ1) is 7.89. The largest absolute Gasteiger partial charge is 0.476 e. The van der Waals surface area contributed by atoms with Crippen LogP contribution in [-0.2, 0) is 0 Å². The van der Waals surface area contributed by atoms with Crippen molar-refractivity contribution in [3.05, 3.63) is 7.05 Å². The quantitative estimate of drug-likeness (QED) is 0.709. The summed E-state index contributed by atoms with van der Waals surface area (Å²) in [6.07, 6.45) is 5.87. The predicted octanol–water partition coefficient (Wildman–Crippen LogP) is 2.83. The van der Waals surface area contributed by atoms with Gasteiger partial charge in [0.05, 0.1) is 6.04 Å². The first-order valence-electron chi connectivity index (χ1n) is 7.52. The average Bonchev–Trinajstić information content (AvgIpc) is 2.43. The Hall–Kier alpha value is -0.0400. The topological polar surface area (TPSA) is 16.6 Å². The molecule has 0 saturated heterocycles. The average molecular weight is 235 g/mol. The van der Waals surface area contributed by atoms with Crippen molar-refractivity contribution < 1.29 is 5.32 Å². The third kappa shape index (κ3) is 1.47. The lowest BCUT2D eigenvalue weighted by Crippen LogP contribution is -2.89. The molecule has 4 aliphatic rings. The fourth-order valence-corrected chi connectivity index (χ4v) is 6.10. The molecule has 0 heterocycles. The van der Waals surface area contributed by atoms with Crippen LogP contribution in [0.2, 0.25) is 0 Å². The van der Waals surface area contributed by atoms with E-state index in [0.29, 0.717) is 10.8 Å². The van der Waals surface area contributed by atoms with E-state index in [1.807, 2.05) is 0 Å². The summed E-state index contributed by atoms with van der Waals surface area (Å²) < 4.78 is 0. The fourth-order valence-electron chi connectivity index (χ4n) is 6.10. The maximum absolute atomic E-state index is 4.10. The molecule has 6 atom stereocenters. The number of hydrogen-bond donors (Lipinski definition) is 1. The molecule has 1 nitrogen and oxygen atoms in total. The summed E-state index contributed by atoms with van der Waals surface area (Å²) in [7, 11) is 4.10. The first kappa shape index (κ1) is 12.0. The number of quaternary nitrogens is 1. The fraction of sp³-hybridized carbons (Fsp3) is 0.938. The minimum Gasteiger partial charge on any atom is -0.476 e. The molecule has 1 heteroatoms. The molecule has 0 spiro atoms. The van der Waals surface area contributed by atoms with Gasteiger partial charge in [-0.3, -0.25) is 0 Å². The van der Waals surface area contributed by atoms with Gasteiger partial charge in [-0.1, -0.05) is 27.7 Å². The van der Waals surface area contributed by atoms with Crippen LogP contribution in [0.1, 0.15) is 53.4 Å². The van der Waals surface area contributed by atoms with Gasteiger partial charge >= 0.3 is 0 Å². The molecule has 0 aliphatic heterocycles. The van der Waals surface area contributed by atoms with Crippen LogP contribution in [0.3, 0.4) is 0 Å². The van der Waals surface area contributed by atoms with Crippen molar-refractivity contribution in [2.45, 2.75) is 59.4 Å². The molecule has 4 saturated carbocycles. The van der Waals surface area contributed by atoms with Crippen LogP contribution in [0.5, 0.6) is 0 Å². The lowest BCUT2D eigenvalue weighted by atomic mass is 9.49. The first-order valence-corrected chi connectivity index (χ1v) is 7.52. The Kier molecular flexibility index (Phi) is 2.47. The SMILES string of the molecule is [CH2-][NH2+][C@H]1CC2C3CC1(C)CC2(C)C[C@H]3C(C)C. The van der Waals surface area contributed by atoms with Gasteiger partial charge in [-0.2, -0.15) is 7.05 Å². The highest BCUT2D eigenvalue weighted by Gasteiger charge is 2.64. The Labute approximate surface area is 107 Å². The van der Waals surface area contributed by atoms with E-state index in [1.54, 1.807) is 0 Å². The molecule has 0 amide bonds. The molecule has 4 fully saturated rings. The van der Waals surface area contributed by atoms with E-state index in [1.165, 1.54) is 25.7 Å². The highest BCUT2D eigenvalue weighted by atomic mass is 14.9. The van der Waals surface area contributed by atoms with Gasteiger partial charge in [-0.15, -0.1) is 0 Å². The zero-order chi connectivity index (χ0) is 12.4. The van der Waals surface area contributed by atoms with E-state index < -0.39 is 0 Å². The van der Waals surface area contributed by atoms with E-state index in [2.05, 4.69) is 40.1 Å². The lowest BCUT2D eigenvalue weighted by molar-refractivity contribution is -0.659. The number of rotatable bonds is 2. The number of hydrogen-bond acceptors (Lipinski definition) is 0. The Morgan fingerprint density at radius 1 is 1.18 bits per heavy atom. The van der Waals surface area contributed by atoms with E-state index in [0.717, 1.165) is 29.7 Å². The summed E-state index contributed by atoms with van der Waals surface area (Å²) in [6.45, 7) is 10.0. The van der Waals surface area contributed by atoms with Crippen LogP contribution in [0, 0.1) is 41.5 Å². The molecule has 0 aromatic rings. The monoisotopic (exact) mass is 235 g/mol. The normalized spacial score (nSPS) is 56.8. The van der Waals surface area contributed by atoms with Crippen molar-refractivity contribution in [2.75, 3.05) is 0 Å². The summed E-state index contributed by atoms with van der Waals surface area (Å²) in [4.78, 5) is 0. The molecule has 98 valence electrons. The smallest absolute Gasteiger partial charge is 0.0677 e. The molecule has 4 bridgehead atoms. The van der Waals surface area contributed by atoms with Gasteiger partial charge in [0, 0.05) is 11.8 Å². The summed E-state index contributed by atoms with van der Waals surface area (Å²) >= 11 is 0. The maximum Gasteiger partial charge on any atom is 0.0677 e. The summed E-state index contributed by atoms with van der Waals surface area (Å²) in [5, 5.41) is 2.26. The number of nitrogens with two attached hydrogens (primary N) is 1. The molecule has 0 aromatic carbocycles. The molecular formula is C16H29N. The summed E-state index contributed by atoms with van der Waals surface area (Å²) in [6, 6.07) is 0.794. The van der Waals surface area contributed by atoms with Crippen LogP contribution in [0.25, 0.3) is 0 Å². The molecular weight excluding hydrogens is 206 g/mol. The van der Waals surface area contributed by atoms with Gasteiger partial charge in [-0.05, 0) is 48.3 Å². The van der Waals surface area contributed by atoms with Gasteiger partial charge < -0.3 is 5.32 Å². The molecule has 4 aliphatic carbocycles. The van der Waals surface area contributed by atoms with E-state index in [9.17, 15) is 0 Å². The predicted molar refractivity (Wildman–Crippen MR) is 71.1 cm³/mol. The van der Waals surface area contributed by atoms with Crippen LogP contribution < -0.4 is 5.32 Å². The third-order valence-corrected chi connectivity index (χ3v) is 6.72. The van der Waals surface area contributed by atoms with Gasteiger partial charge in [0.2, 0.25) is 0 Å². The van der Waals surface area contributed by atoms with E-state index in [-0.39, 0.29) is 0 Å². The molecule has 0 radical (unpaired) electrons. The van der Waals surface area contributed by atoms with Crippen LogP contribution in [0.15, 0.2) is 0 Å². The van der Waals surface area contributed by atoms with Crippen molar-refractivity contribution in [2.24, 2.45) is 34.5 Å². The zero-order valence-corrected chi connectivity index (χ0v) is 12.0. The molecule has 17 heavy (non-hydrogen) atoms. The van der Waals surface area contributed by atoms with Crippen molar-refractivity contribution in [1.82, 2.24) is 0 Å². The molecule has 4 rings (SSSR count). The minimum absolute atomic E-state index is 0.569. The molecule has 2 N–H and O–H groups in total. The zero-order valence-electron chi connectivity index (χ0n) is 12.0. The van der Waals surface area contributed by atoms with Crippen LogP contribution in [-0.4, -0.2) is 6.04 Å². The van der Waals surface area contributed by atoms with Crippen molar-refractivity contribution in [1.29, 1.82) is 0 Å². The lowest BCUT2D eigenvalue weighted by Gasteiger charge is -2.57. The summed E-state index contributed by atoms with van der Waals surface area (Å²) in [5.74, 6) is 3.90. The second-order valence-corrected chi connectivity index (χ2v) is 8.15. The Morgan fingerprint density at radius 3 is 2.41 bits per heavy atom. The summed E-state index contributed by atoms with van der Waals surface area (Å²) in [5.41, 5.74) is 1.23. The Morgan fingerprint density at radius 2 is 1.88 bits per heavy atom. The van der Waals surface area contributed by atoms with Crippen molar-refractivity contribution in [3.8, 4) is 0 Å². The highest BCUT2D eigenvalue weighted by Crippen LogP contribution is 2.69. The van der Waals surface area contributed by atoms with Crippen molar-refractivity contribution >= 4 is 0 Å². The minimum atomic E-state index is 0.569. The van der Waals surface area contributed by atoms with Gasteiger partial charge in [0.1, 0.15) is 0 Å². The number of fused-ring (bicyclic) bond motifs is 1. The van der Waals surface area contributed by atoms with Gasteiger partial charge in [0.15, 0.2) is 0 Å². The van der Waals surface area contributed by atoms with Crippen LogP contribution >= 0.6 is 0 Å². The van der Waals surface area contributed by atoms with Gasteiger partial charge in [-0.25, -0.2) is 0 Å². The van der Waals surface area contributed by atoms with E-state index >= 15 is 0 Å². The maximum atomic E-state index is 4.10. The van der Waals surface area contributed by atoms with Gasteiger partial charge in [0.25, 0.3) is 0 Å². The molecule has 0 aromatic heterocycles. The van der Waals surface area contributed by atoms with Crippen molar-refractivity contribution in [3.63, 3.8) is 0 Å². The van der Waals surface area contributed by atoms with Crippen LogP contribution in [0.4, 0.5) is 0 Å². The second-order valence-electron chi connectivity index (χ2n) is 8.15.